The molecule has 0 radical (unpaired) electrons. The van der Waals surface area contributed by atoms with Gasteiger partial charge in [0.05, 0.1) is 35.3 Å². The molecule has 0 aliphatic heterocycles. The van der Waals surface area contributed by atoms with Crippen LogP contribution in [0.3, 0.4) is 0 Å². The molecule has 3 aromatic carbocycles. The van der Waals surface area contributed by atoms with Gasteiger partial charge < -0.3 is 13.9 Å². The van der Waals surface area contributed by atoms with E-state index in [0.29, 0.717) is 32.8 Å². The van der Waals surface area contributed by atoms with E-state index in [4.69, 9.17) is 25.5 Å². The zero-order chi connectivity index (χ0) is 26.8. The summed E-state index contributed by atoms with van der Waals surface area (Å²) in [5, 5.41) is 17.8. The molecule has 0 fully saturated rings. The smallest absolute Gasteiger partial charge is 0.315 e. The van der Waals surface area contributed by atoms with Crippen LogP contribution in [-0.4, -0.2) is 34.0 Å². The SMILES string of the molecule is CCOc1cc(C=Nn2c(-c3cc4cc(Cl)ccc4o3)nc3ccccc3c2=O)cc([N+](=O)[O-])c1OCC. The van der Waals surface area contributed by atoms with E-state index in [0.717, 1.165) is 10.1 Å². The van der Waals surface area contributed by atoms with Gasteiger partial charge in [0, 0.05) is 22.0 Å². The molecule has 5 aromatic rings. The molecule has 5 rings (SSSR count). The van der Waals surface area contributed by atoms with Crippen molar-refractivity contribution in [2.24, 2.45) is 5.10 Å². The lowest BCUT2D eigenvalue weighted by Gasteiger charge is -2.12. The first kappa shape index (κ1) is 25.0. The molecule has 0 saturated carbocycles. The van der Waals surface area contributed by atoms with Gasteiger partial charge in [0.25, 0.3) is 5.56 Å². The Morgan fingerprint density at radius 2 is 1.89 bits per heavy atom. The van der Waals surface area contributed by atoms with Crippen LogP contribution in [-0.2, 0) is 0 Å². The van der Waals surface area contributed by atoms with Gasteiger partial charge in [-0.05, 0) is 56.3 Å². The van der Waals surface area contributed by atoms with Gasteiger partial charge in [-0.25, -0.2) is 4.98 Å². The Morgan fingerprint density at radius 3 is 2.66 bits per heavy atom. The summed E-state index contributed by atoms with van der Waals surface area (Å²) < 4.78 is 18.1. The number of hydrogen-bond donors (Lipinski definition) is 0. The summed E-state index contributed by atoms with van der Waals surface area (Å²) in [5.41, 5.74) is 0.632. The van der Waals surface area contributed by atoms with E-state index in [2.05, 4.69) is 10.1 Å². The number of furan rings is 1. The van der Waals surface area contributed by atoms with Crippen LogP contribution in [0.2, 0.25) is 5.02 Å². The lowest BCUT2D eigenvalue weighted by molar-refractivity contribution is -0.385. The van der Waals surface area contributed by atoms with Crippen LogP contribution in [0, 0.1) is 10.1 Å². The van der Waals surface area contributed by atoms with Crippen molar-refractivity contribution in [3.8, 4) is 23.1 Å². The van der Waals surface area contributed by atoms with Crippen LogP contribution in [0.1, 0.15) is 19.4 Å². The van der Waals surface area contributed by atoms with E-state index in [1.807, 2.05) is 0 Å². The van der Waals surface area contributed by atoms with Gasteiger partial charge in [-0.2, -0.15) is 9.78 Å². The van der Waals surface area contributed by atoms with Crippen molar-refractivity contribution in [2.75, 3.05) is 13.2 Å². The summed E-state index contributed by atoms with van der Waals surface area (Å²) in [6, 6.07) is 16.6. The molecule has 2 heterocycles. The van der Waals surface area contributed by atoms with E-state index in [1.165, 1.54) is 12.3 Å². The zero-order valence-electron chi connectivity index (χ0n) is 20.4. The van der Waals surface area contributed by atoms with Crippen molar-refractivity contribution in [3.63, 3.8) is 0 Å². The molecule has 0 aliphatic carbocycles. The van der Waals surface area contributed by atoms with Crippen molar-refractivity contribution >= 4 is 45.4 Å². The second kappa shape index (κ2) is 10.3. The summed E-state index contributed by atoms with van der Waals surface area (Å²) in [4.78, 5) is 29.3. The Hall–Kier alpha value is -4.70. The number of nitrogens with zero attached hydrogens (tertiary/aromatic N) is 4. The molecule has 0 unspecified atom stereocenters. The minimum atomic E-state index is -0.556. The fraction of sp³-hybridized carbons (Fsp3) is 0.148. The number of nitro groups is 1. The summed E-state index contributed by atoms with van der Waals surface area (Å²) >= 11 is 6.12. The first-order valence-electron chi connectivity index (χ1n) is 11.7. The second-order valence-electron chi connectivity index (χ2n) is 8.10. The van der Waals surface area contributed by atoms with E-state index in [-0.39, 0.29) is 36.2 Å². The third-order valence-corrected chi connectivity index (χ3v) is 5.85. The molecule has 0 saturated heterocycles. The number of aromatic nitrogens is 2. The minimum Gasteiger partial charge on any atom is -0.490 e. The average Bonchev–Trinajstić information content (AvgIpc) is 3.32. The van der Waals surface area contributed by atoms with E-state index in [1.54, 1.807) is 68.4 Å². The molecule has 0 N–H and O–H groups in total. The number of hydrogen-bond acceptors (Lipinski definition) is 8. The highest BCUT2D eigenvalue weighted by molar-refractivity contribution is 6.31. The predicted octanol–water partition coefficient (Wildman–Crippen LogP) is 6.05. The van der Waals surface area contributed by atoms with Gasteiger partial charge in [-0.15, -0.1) is 0 Å². The molecule has 2 aromatic heterocycles. The molecule has 192 valence electrons. The van der Waals surface area contributed by atoms with Crippen molar-refractivity contribution in [2.45, 2.75) is 13.8 Å². The highest BCUT2D eigenvalue weighted by Crippen LogP contribution is 2.38. The van der Waals surface area contributed by atoms with Crippen molar-refractivity contribution in [1.29, 1.82) is 0 Å². The lowest BCUT2D eigenvalue weighted by atomic mass is 10.2. The molecule has 38 heavy (non-hydrogen) atoms. The predicted molar refractivity (Wildman–Crippen MR) is 145 cm³/mol. The number of para-hydroxylation sites is 1. The van der Waals surface area contributed by atoms with Gasteiger partial charge in [0.15, 0.2) is 11.5 Å². The van der Waals surface area contributed by atoms with Gasteiger partial charge in [-0.1, -0.05) is 23.7 Å². The molecular formula is C27H21ClN4O6. The Morgan fingerprint density at radius 1 is 1.11 bits per heavy atom. The highest BCUT2D eigenvalue weighted by atomic mass is 35.5. The van der Waals surface area contributed by atoms with Gasteiger partial charge in [0.2, 0.25) is 11.6 Å². The Bertz CT molecular complexity index is 1780. The summed E-state index contributed by atoms with van der Waals surface area (Å²) in [6.45, 7) is 3.97. The maximum absolute atomic E-state index is 13.5. The topological polar surface area (TPSA) is 122 Å². The first-order chi connectivity index (χ1) is 18.4. The third-order valence-electron chi connectivity index (χ3n) is 5.62. The van der Waals surface area contributed by atoms with Crippen molar-refractivity contribution < 1.29 is 18.8 Å². The number of halogens is 1. The number of rotatable bonds is 8. The Balaban J connectivity index is 1.69. The minimum absolute atomic E-state index is 0.0302. The van der Waals surface area contributed by atoms with Crippen molar-refractivity contribution in [1.82, 2.24) is 9.66 Å². The number of nitro benzene ring substituents is 1. The van der Waals surface area contributed by atoms with Crippen LogP contribution in [0.25, 0.3) is 33.5 Å². The monoisotopic (exact) mass is 532 g/mol. The van der Waals surface area contributed by atoms with Gasteiger partial charge in [-0.3, -0.25) is 14.9 Å². The van der Waals surface area contributed by atoms with E-state index in [9.17, 15) is 14.9 Å². The van der Waals surface area contributed by atoms with E-state index < -0.39 is 10.5 Å². The average molecular weight is 533 g/mol. The second-order valence-corrected chi connectivity index (χ2v) is 8.53. The molecule has 10 nitrogen and oxygen atoms in total. The molecule has 0 atom stereocenters. The molecule has 0 spiro atoms. The fourth-order valence-corrected chi connectivity index (χ4v) is 4.19. The number of fused-ring (bicyclic) bond motifs is 2. The van der Waals surface area contributed by atoms with Crippen LogP contribution >= 0.6 is 11.6 Å². The number of ether oxygens (including phenoxy) is 2. The van der Waals surface area contributed by atoms with Crippen LogP contribution < -0.4 is 15.0 Å². The maximum Gasteiger partial charge on any atom is 0.315 e. The van der Waals surface area contributed by atoms with E-state index >= 15 is 0 Å². The zero-order valence-corrected chi connectivity index (χ0v) is 21.1. The quantitative estimate of drug-likeness (QED) is 0.135. The third kappa shape index (κ3) is 4.69. The lowest BCUT2D eigenvalue weighted by Crippen LogP contribution is -2.20. The van der Waals surface area contributed by atoms with Gasteiger partial charge in [0.1, 0.15) is 5.58 Å². The van der Waals surface area contributed by atoms with Gasteiger partial charge >= 0.3 is 5.69 Å². The maximum atomic E-state index is 13.5. The summed E-state index contributed by atoms with van der Waals surface area (Å²) in [6.07, 6.45) is 1.33. The van der Waals surface area contributed by atoms with Crippen LogP contribution in [0.15, 0.2) is 75.0 Å². The normalized spacial score (nSPS) is 11.4. The number of benzene rings is 3. The fourth-order valence-electron chi connectivity index (χ4n) is 4.01. The first-order valence-corrected chi connectivity index (χ1v) is 12.1. The standard InChI is InChI=1S/C27H21ClN4O6/c1-3-36-23-12-16(11-21(32(34)35)25(23)37-4-2)15-29-31-26(30-20-8-6-5-7-19(20)27(31)33)24-14-17-13-18(28)9-10-22(17)38-24/h5-15H,3-4H2,1-2H3. The molecule has 0 bridgehead atoms. The Labute approximate surface area is 220 Å². The summed E-state index contributed by atoms with van der Waals surface area (Å²) in [5.74, 6) is 0.684. The Kier molecular flexibility index (Phi) is 6.80. The van der Waals surface area contributed by atoms with Crippen LogP contribution in [0.4, 0.5) is 5.69 Å². The van der Waals surface area contributed by atoms with Crippen molar-refractivity contribution in [3.05, 3.63) is 91.7 Å². The van der Waals surface area contributed by atoms with Crippen LogP contribution in [0.5, 0.6) is 11.5 Å². The molecular weight excluding hydrogens is 512 g/mol. The molecule has 0 aliphatic rings. The highest BCUT2D eigenvalue weighted by Gasteiger charge is 2.22. The molecule has 0 amide bonds. The summed E-state index contributed by atoms with van der Waals surface area (Å²) in [7, 11) is 0. The molecule has 11 heteroatoms. The largest absolute Gasteiger partial charge is 0.490 e.